The van der Waals surface area contributed by atoms with Gasteiger partial charge in [0.05, 0.1) is 0 Å². The maximum atomic E-state index is 8.49. The van der Waals surface area contributed by atoms with E-state index in [4.69, 9.17) is 10.9 Å². The Labute approximate surface area is 70.5 Å². The van der Waals surface area contributed by atoms with Crippen LogP contribution in [0.4, 0.5) is 0 Å². The zero-order chi connectivity index (χ0) is 9.19. The van der Waals surface area contributed by atoms with Crippen LogP contribution in [0.1, 0.15) is 13.8 Å². The zero-order valence-electron chi connectivity index (χ0n) is 7.10. The molecule has 0 unspecified atom stereocenters. The Balaban J connectivity index is 3.02. The van der Waals surface area contributed by atoms with Crippen LogP contribution in [0.25, 0.3) is 0 Å². The molecule has 0 saturated heterocycles. The molecule has 0 radical (unpaired) electrons. The first kappa shape index (κ1) is 8.58. The molecule has 0 spiro atoms. The number of rotatable bonds is 2. The van der Waals surface area contributed by atoms with Gasteiger partial charge in [0.15, 0.2) is 5.84 Å². The van der Waals surface area contributed by atoms with Crippen molar-refractivity contribution >= 4 is 5.84 Å². The highest BCUT2D eigenvalue weighted by molar-refractivity contribution is 5.86. The highest BCUT2D eigenvalue weighted by atomic mass is 16.4. The molecule has 66 valence electrons. The molecule has 1 aromatic heterocycles. The van der Waals surface area contributed by atoms with E-state index in [1.54, 1.807) is 23.1 Å². The smallest absolute Gasteiger partial charge is 0.166 e. The van der Waals surface area contributed by atoms with Crippen molar-refractivity contribution in [1.29, 1.82) is 0 Å². The maximum absolute atomic E-state index is 8.49. The number of nitrogens with zero attached hydrogens (tertiary/aromatic N) is 3. The maximum Gasteiger partial charge on any atom is 0.166 e. The van der Waals surface area contributed by atoms with Crippen LogP contribution < -0.4 is 5.73 Å². The third-order valence-corrected chi connectivity index (χ3v) is 1.81. The summed E-state index contributed by atoms with van der Waals surface area (Å²) < 4.78 is 1.63. The molecular weight excluding hydrogens is 156 g/mol. The van der Waals surface area contributed by atoms with E-state index in [1.165, 1.54) is 0 Å². The number of aromatic nitrogens is 2. The molecule has 0 aliphatic carbocycles. The SMILES string of the molecule is CC(C)(C(N)=NO)n1cccn1. The molecule has 5 heteroatoms. The highest BCUT2D eigenvalue weighted by Crippen LogP contribution is 2.12. The lowest BCUT2D eigenvalue weighted by Gasteiger charge is -2.23. The Morgan fingerprint density at radius 1 is 1.67 bits per heavy atom. The third kappa shape index (κ3) is 1.25. The Hall–Kier alpha value is -1.52. The molecule has 1 rings (SSSR count). The van der Waals surface area contributed by atoms with E-state index in [0.717, 1.165) is 0 Å². The van der Waals surface area contributed by atoms with Gasteiger partial charge in [-0.1, -0.05) is 5.16 Å². The van der Waals surface area contributed by atoms with E-state index in [9.17, 15) is 0 Å². The number of hydrogen-bond donors (Lipinski definition) is 2. The molecule has 0 amide bonds. The number of nitrogens with two attached hydrogens (primary N) is 1. The van der Waals surface area contributed by atoms with Crippen molar-refractivity contribution in [3.8, 4) is 0 Å². The van der Waals surface area contributed by atoms with Crippen LogP contribution in [0.3, 0.4) is 0 Å². The van der Waals surface area contributed by atoms with Crippen molar-refractivity contribution in [3.05, 3.63) is 18.5 Å². The van der Waals surface area contributed by atoms with Crippen molar-refractivity contribution in [2.45, 2.75) is 19.4 Å². The van der Waals surface area contributed by atoms with Crippen molar-refractivity contribution in [2.75, 3.05) is 0 Å². The lowest BCUT2D eigenvalue weighted by atomic mass is 10.1. The fourth-order valence-electron chi connectivity index (χ4n) is 0.839. The summed E-state index contributed by atoms with van der Waals surface area (Å²) in [6.07, 6.45) is 3.41. The Morgan fingerprint density at radius 3 is 2.75 bits per heavy atom. The first-order valence-corrected chi connectivity index (χ1v) is 3.57. The molecule has 5 nitrogen and oxygen atoms in total. The van der Waals surface area contributed by atoms with Crippen molar-refractivity contribution < 1.29 is 5.21 Å². The normalized spacial score (nSPS) is 13.3. The van der Waals surface area contributed by atoms with E-state index in [-0.39, 0.29) is 5.84 Å². The molecule has 0 aliphatic heterocycles. The molecule has 0 saturated carbocycles. The average Bonchev–Trinajstić information content (AvgIpc) is 2.55. The van der Waals surface area contributed by atoms with E-state index < -0.39 is 5.54 Å². The third-order valence-electron chi connectivity index (χ3n) is 1.81. The van der Waals surface area contributed by atoms with Gasteiger partial charge in [-0.3, -0.25) is 4.68 Å². The van der Waals surface area contributed by atoms with E-state index in [1.807, 2.05) is 13.8 Å². The van der Waals surface area contributed by atoms with Gasteiger partial charge in [0.2, 0.25) is 0 Å². The summed E-state index contributed by atoms with van der Waals surface area (Å²) in [5, 5.41) is 15.4. The summed E-state index contributed by atoms with van der Waals surface area (Å²) in [7, 11) is 0. The molecule has 0 atom stereocenters. The van der Waals surface area contributed by atoms with Gasteiger partial charge in [0.1, 0.15) is 5.54 Å². The first-order valence-electron chi connectivity index (χ1n) is 3.57. The Morgan fingerprint density at radius 2 is 2.33 bits per heavy atom. The van der Waals surface area contributed by atoms with Gasteiger partial charge in [0.25, 0.3) is 0 Å². The second-order valence-electron chi connectivity index (χ2n) is 2.99. The molecule has 0 bridgehead atoms. The van der Waals surface area contributed by atoms with Crippen LogP contribution in [-0.4, -0.2) is 20.8 Å². The standard InChI is InChI=1S/C7H12N4O/c1-7(2,6(8)10-12)11-5-3-4-9-11/h3-5,12H,1-2H3,(H2,8,10). The van der Waals surface area contributed by atoms with Gasteiger partial charge >= 0.3 is 0 Å². The molecule has 0 aliphatic rings. The van der Waals surface area contributed by atoms with Crippen LogP contribution in [0.5, 0.6) is 0 Å². The molecule has 3 N–H and O–H groups in total. The van der Waals surface area contributed by atoms with Gasteiger partial charge in [-0.05, 0) is 19.9 Å². The number of oxime groups is 1. The van der Waals surface area contributed by atoms with Gasteiger partial charge in [-0.2, -0.15) is 5.10 Å². The first-order chi connectivity index (χ1) is 5.59. The minimum Gasteiger partial charge on any atom is -0.409 e. The van der Waals surface area contributed by atoms with Crippen LogP contribution in [0.2, 0.25) is 0 Å². The molecule has 12 heavy (non-hydrogen) atoms. The minimum atomic E-state index is -0.585. The second kappa shape index (κ2) is 2.84. The predicted molar refractivity (Wildman–Crippen MR) is 45.0 cm³/mol. The summed E-state index contributed by atoms with van der Waals surface area (Å²) in [6.45, 7) is 3.63. The summed E-state index contributed by atoms with van der Waals surface area (Å²) in [4.78, 5) is 0. The second-order valence-corrected chi connectivity index (χ2v) is 2.99. The minimum absolute atomic E-state index is 0.131. The van der Waals surface area contributed by atoms with E-state index in [2.05, 4.69) is 10.3 Å². The fourth-order valence-corrected chi connectivity index (χ4v) is 0.839. The molecule has 0 fully saturated rings. The Kier molecular flexibility index (Phi) is 2.03. The van der Waals surface area contributed by atoms with E-state index in [0.29, 0.717) is 0 Å². The summed E-state index contributed by atoms with van der Waals surface area (Å²) in [6, 6.07) is 1.78. The van der Waals surface area contributed by atoms with Crippen LogP contribution >= 0.6 is 0 Å². The van der Waals surface area contributed by atoms with Crippen LogP contribution in [0, 0.1) is 0 Å². The van der Waals surface area contributed by atoms with E-state index >= 15 is 0 Å². The highest BCUT2D eigenvalue weighted by Gasteiger charge is 2.25. The lowest BCUT2D eigenvalue weighted by Crippen LogP contribution is -2.41. The summed E-state index contributed by atoms with van der Waals surface area (Å²) in [5.41, 5.74) is 4.90. The van der Waals surface area contributed by atoms with Crippen molar-refractivity contribution in [3.63, 3.8) is 0 Å². The fraction of sp³-hybridized carbons (Fsp3) is 0.429. The van der Waals surface area contributed by atoms with Crippen LogP contribution in [0.15, 0.2) is 23.6 Å². The van der Waals surface area contributed by atoms with Crippen molar-refractivity contribution in [2.24, 2.45) is 10.9 Å². The average molecular weight is 168 g/mol. The number of amidine groups is 1. The van der Waals surface area contributed by atoms with Gasteiger partial charge in [-0.25, -0.2) is 0 Å². The molecule has 1 aromatic rings. The number of hydrogen-bond acceptors (Lipinski definition) is 3. The van der Waals surface area contributed by atoms with Gasteiger partial charge in [-0.15, -0.1) is 0 Å². The zero-order valence-corrected chi connectivity index (χ0v) is 7.10. The van der Waals surface area contributed by atoms with Gasteiger partial charge < -0.3 is 10.9 Å². The van der Waals surface area contributed by atoms with Crippen molar-refractivity contribution in [1.82, 2.24) is 9.78 Å². The monoisotopic (exact) mass is 168 g/mol. The summed E-state index contributed by atoms with van der Waals surface area (Å²) >= 11 is 0. The van der Waals surface area contributed by atoms with Crippen LogP contribution in [-0.2, 0) is 5.54 Å². The lowest BCUT2D eigenvalue weighted by molar-refractivity contribution is 0.304. The van der Waals surface area contributed by atoms with Gasteiger partial charge in [0, 0.05) is 12.4 Å². The molecule has 0 aromatic carbocycles. The molecule has 1 heterocycles. The quantitative estimate of drug-likeness (QED) is 0.290. The Bertz CT molecular complexity index is 276. The molecular formula is C7H12N4O. The summed E-state index contributed by atoms with van der Waals surface area (Å²) in [5.74, 6) is 0.131. The predicted octanol–water partition coefficient (Wildman–Crippen LogP) is 0.365. The largest absolute Gasteiger partial charge is 0.409 e. The topological polar surface area (TPSA) is 76.4 Å².